The summed E-state index contributed by atoms with van der Waals surface area (Å²) < 4.78 is 34.4. The molecule has 190 valence electrons. The molecule has 1 aromatic heterocycles. The third-order valence-corrected chi connectivity index (χ3v) is 5.62. The monoisotopic (exact) mass is 527 g/mol. The van der Waals surface area contributed by atoms with Crippen molar-refractivity contribution < 1.29 is 23.1 Å². The molecule has 1 amide bonds. The lowest BCUT2D eigenvalue weighted by atomic mass is 10.1. The van der Waals surface area contributed by atoms with Crippen molar-refractivity contribution in [3.8, 4) is 5.69 Å². The lowest BCUT2D eigenvalue weighted by Crippen LogP contribution is -2.44. The summed E-state index contributed by atoms with van der Waals surface area (Å²) in [4.78, 5) is 40.1. The highest BCUT2D eigenvalue weighted by Crippen LogP contribution is 2.26. The summed E-state index contributed by atoms with van der Waals surface area (Å²) in [5.41, 5.74) is -0.975. The Morgan fingerprint density at radius 1 is 1.00 bits per heavy atom. The molecule has 9 nitrogen and oxygen atoms in total. The molecule has 0 spiro atoms. The summed E-state index contributed by atoms with van der Waals surface area (Å²) in [6.07, 6.45) is 0. The van der Waals surface area contributed by atoms with E-state index in [0.29, 0.717) is 9.36 Å². The molecule has 0 N–H and O–H groups in total. The number of aromatic nitrogens is 4. The Kier molecular flexibility index (Phi) is 7.44. The molecule has 0 aliphatic carbocycles. The largest absolute Gasteiger partial charge is 0.457 e. The number of hydrogen-bond donors (Lipinski definition) is 0. The molecule has 4 rings (SSSR count). The van der Waals surface area contributed by atoms with Crippen LogP contribution in [-0.4, -0.2) is 37.8 Å². The third-order valence-electron chi connectivity index (χ3n) is 5.30. The molecule has 0 atom stereocenters. The van der Waals surface area contributed by atoms with Crippen LogP contribution in [0.4, 0.5) is 19.3 Å². The van der Waals surface area contributed by atoms with Crippen LogP contribution in [0.25, 0.3) is 5.69 Å². The molecular formula is C25H20ClF2N5O4. The van der Waals surface area contributed by atoms with E-state index in [-0.39, 0.29) is 22.9 Å². The van der Waals surface area contributed by atoms with Crippen molar-refractivity contribution in [2.45, 2.75) is 26.5 Å². The number of hydrogen-bond acceptors (Lipinski definition) is 6. The smallest absolute Gasteiger partial charge is 0.377 e. The Labute approximate surface area is 214 Å². The van der Waals surface area contributed by atoms with Crippen molar-refractivity contribution in [1.29, 1.82) is 0 Å². The maximum atomic E-state index is 14.2. The number of amides is 1. The molecule has 12 heteroatoms. The van der Waals surface area contributed by atoms with E-state index in [1.54, 1.807) is 26.0 Å². The highest BCUT2D eigenvalue weighted by atomic mass is 35.5. The first-order chi connectivity index (χ1) is 17.7. The maximum Gasteiger partial charge on any atom is 0.377 e. The summed E-state index contributed by atoms with van der Waals surface area (Å²) in [5, 5.41) is 7.08. The highest BCUT2D eigenvalue weighted by molar-refractivity contribution is 6.33. The molecule has 4 aromatic rings. The van der Waals surface area contributed by atoms with Crippen molar-refractivity contribution in [2.24, 2.45) is 0 Å². The van der Waals surface area contributed by atoms with Crippen molar-refractivity contribution in [1.82, 2.24) is 19.8 Å². The van der Waals surface area contributed by atoms with Gasteiger partial charge in [-0.2, -0.15) is 4.68 Å². The second kappa shape index (κ2) is 10.7. The van der Waals surface area contributed by atoms with Crippen LogP contribution >= 0.6 is 11.6 Å². The van der Waals surface area contributed by atoms with Gasteiger partial charge in [-0.05, 0) is 60.2 Å². The van der Waals surface area contributed by atoms with Crippen molar-refractivity contribution in [2.75, 3.05) is 4.90 Å². The van der Waals surface area contributed by atoms with Gasteiger partial charge >= 0.3 is 17.7 Å². The van der Waals surface area contributed by atoms with E-state index in [4.69, 9.17) is 16.3 Å². The molecule has 37 heavy (non-hydrogen) atoms. The zero-order valence-corrected chi connectivity index (χ0v) is 20.4. The minimum Gasteiger partial charge on any atom is -0.457 e. The fourth-order valence-electron chi connectivity index (χ4n) is 3.55. The Morgan fingerprint density at radius 2 is 1.68 bits per heavy atom. The molecule has 1 heterocycles. The number of anilines is 1. The van der Waals surface area contributed by atoms with Gasteiger partial charge in [-0.15, -0.1) is 4.68 Å². The van der Waals surface area contributed by atoms with Gasteiger partial charge in [0.1, 0.15) is 12.3 Å². The number of benzene rings is 3. The number of halogens is 3. The second-order valence-corrected chi connectivity index (χ2v) is 8.53. The molecule has 0 radical (unpaired) electrons. The predicted molar refractivity (Wildman–Crippen MR) is 131 cm³/mol. The topological polar surface area (TPSA) is 99.3 Å². The molecule has 0 saturated carbocycles. The Balaban J connectivity index is 1.65. The van der Waals surface area contributed by atoms with Crippen LogP contribution in [0.15, 0.2) is 71.5 Å². The van der Waals surface area contributed by atoms with Gasteiger partial charge in [-0.3, -0.25) is 4.90 Å². The number of para-hydroxylation sites is 1. The summed E-state index contributed by atoms with van der Waals surface area (Å²) in [5.74, 6) is -2.83. The van der Waals surface area contributed by atoms with Gasteiger partial charge in [0.05, 0.1) is 10.6 Å². The number of tetrazole rings is 1. The number of nitrogens with zero attached hydrogens (tertiary/aromatic N) is 5. The average Bonchev–Trinajstić information content (AvgIpc) is 3.24. The molecule has 0 aliphatic heterocycles. The quantitative estimate of drug-likeness (QED) is 0.268. The molecule has 0 aliphatic rings. The van der Waals surface area contributed by atoms with Gasteiger partial charge in [0, 0.05) is 11.7 Å². The van der Waals surface area contributed by atoms with E-state index < -0.39 is 41.1 Å². The molecule has 0 fully saturated rings. The molecule has 0 saturated heterocycles. The molecule has 0 bridgehead atoms. The van der Waals surface area contributed by atoms with Gasteiger partial charge in [0.25, 0.3) is 0 Å². The standard InChI is InChI=1S/C25H20ClF2N5O4/c1-15(2)31(24(35)33-25(36)32(29-30-33)22-20(27)9-6-10-21(22)28)17-11-12-19(26)18(13-17)23(34)37-14-16-7-4-3-5-8-16/h3-13,15H,14H2,1-2H3. The average molecular weight is 528 g/mol. The van der Waals surface area contributed by atoms with Crippen LogP contribution in [0.2, 0.25) is 5.02 Å². The normalized spacial score (nSPS) is 11.0. The number of ether oxygens (including phenoxy) is 1. The number of rotatable bonds is 6. The summed E-state index contributed by atoms with van der Waals surface area (Å²) in [6, 6.07) is 14.8. The lowest BCUT2D eigenvalue weighted by molar-refractivity contribution is 0.0473. The van der Waals surface area contributed by atoms with E-state index in [9.17, 15) is 23.2 Å². The van der Waals surface area contributed by atoms with Gasteiger partial charge in [0.2, 0.25) is 0 Å². The molecular weight excluding hydrogens is 508 g/mol. The highest BCUT2D eigenvalue weighted by Gasteiger charge is 2.28. The Hall–Kier alpha value is -4.38. The van der Waals surface area contributed by atoms with E-state index in [1.165, 1.54) is 18.2 Å². The molecule has 3 aromatic carbocycles. The van der Waals surface area contributed by atoms with E-state index in [1.807, 2.05) is 18.2 Å². The van der Waals surface area contributed by atoms with Crippen LogP contribution in [0.3, 0.4) is 0 Å². The Bertz CT molecular complexity index is 1500. The van der Waals surface area contributed by atoms with Crippen molar-refractivity contribution >= 4 is 29.3 Å². The summed E-state index contributed by atoms with van der Waals surface area (Å²) >= 11 is 6.22. The van der Waals surface area contributed by atoms with E-state index in [2.05, 4.69) is 10.4 Å². The zero-order valence-electron chi connectivity index (χ0n) is 19.6. The van der Waals surface area contributed by atoms with Gasteiger partial charge in [-0.1, -0.05) is 48.0 Å². The van der Waals surface area contributed by atoms with E-state index >= 15 is 0 Å². The first-order valence-electron chi connectivity index (χ1n) is 11.0. The minimum atomic E-state index is -1.18. The van der Waals surface area contributed by atoms with Gasteiger partial charge in [-0.25, -0.2) is 23.2 Å². The van der Waals surface area contributed by atoms with E-state index in [0.717, 1.165) is 28.7 Å². The fraction of sp³-hybridized carbons (Fsp3) is 0.160. The number of carbonyl (C=O) groups excluding carboxylic acids is 2. The van der Waals surface area contributed by atoms with Crippen LogP contribution in [0, 0.1) is 11.6 Å². The van der Waals surface area contributed by atoms with Gasteiger partial charge in [0.15, 0.2) is 11.6 Å². The van der Waals surface area contributed by atoms with Crippen molar-refractivity contribution in [3.63, 3.8) is 0 Å². The van der Waals surface area contributed by atoms with Crippen LogP contribution in [0.5, 0.6) is 0 Å². The van der Waals surface area contributed by atoms with Gasteiger partial charge < -0.3 is 4.74 Å². The summed E-state index contributed by atoms with van der Waals surface area (Å²) in [7, 11) is 0. The van der Waals surface area contributed by atoms with Crippen LogP contribution < -0.4 is 10.6 Å². The summed E-state index contributed by atoms with van der Waals surface area (Å²) in [6.45, 7) is 3.33. The fourth-order valence-corrected chi connectivity index (χ4v) is 3.74. The number of carbonyl (C=O) groups is 2. The second-order valence-electron chi connectivity index (χ2n) is 8.13. The predicted octanol–water partition coefficient (Wildman–Crippen LogP) is 4.60. The lowest BCUT2D eigenvalue weighted by Gasteiger charge is -2.26. The first kappa shape index (κ1) is 25.7. The third kappa shape index (κ3) is 5.26. The van der Waals surface area contributed by atoms with Crippen LogP contribution in [0.1, 0.15) is 29.8 Å². The zero-order chi connectivity index (χ0) is 26.7. The Morgan fingerprint density at radius 3 is 2.32 bits per heavy atom. The van der Waals surface area contributed by atoms with Crippen molar-refractivity contribution in [3.05, 3.63) is 105 Å². The minimum absolute atomic E-state index is 0.00187. The van der Waals surface area contributed by atoms with Crippen LogP contribution in [-0.2, 0) is 11.3 Å². The number of esters is 1. The first-order valence-corrected chi connectivity index (χ1v) is 11.4. The SMILES string of the molecule is CC(C)N(C(=O)n1nnn(-c2c(F)cccc2F)c1=O)c1ccc(Cl)c(C(=O)OCc2ccccc2)c1. The maximum absolute atomic E-state index is 14.2. The molecule has 0 unspecified atom stereocenters.